The van der Waals surface area contributed by atoms with Crippen molar-refractivity contribution in [3.8, 4) is 6.07 Å². The largest absolute Gasteiger partial charge is 0.439 e. The SMILES string of the molecule is N#Cc1ccccc1CO/N=C\c1ccc(N2CCCCC2)o1. The number of hydrogen-bond acceptors (Lipinski definition) is 5. The van der Waals surface area contributed by atoms with Gasteiger partial charge in [-0.25, -0.2) is 0 Å². The zero-order valence-electron chi connectivity index (χ0n) is 12.9. The molecule has 0 radical (unpaired) electrons. The summed E-state index contributed by atoms with van der Waals surface area (Å²) in [6.45, 7) is 2.36. The van der Waals surface area contributed by atoms with E-state index in [9.17, 15) is 0 Å². The Kier molecular flexibility index (Phi) is 4.95. The van der Waals surface area contributed by atoms with Crippen LogP contribution in [0.2, 0.25) is 0 Å². The fourth-order valence-corrected chi connectivity index (χ4v) is 2.65. The average molecular weight is 309 g/mol. The smallest absolute Gasteiger partial charge is 0.196 e. The van der Waals surface area contributed by atoms with Crippen molar-refractivity contribution in [1.82, 2.24) is 0 Å². The van der Waals surface area contributed by atoms with E-state index in [1.807, 2.05) is 30.3 Å². The van der Waals surface area contributed by atoms with E-state index in [4.69, 9.17) is 14.5 Å². The van der Waals surface area contributed by atoms with Crippen molar-refractivity contribution in [3.63, 3.8) is 0 Å². The van der Waals surface area contributed by atoms with Crippen molar-refractivity contribution in [3.05, 3.63) is 53.3 Å². The second-order valence-electron chi connectivity index (χ2n) is 5.50. The molecule has 5 heteroatoms. The zero-order chi connectivity index (χ0) is 15.9. The third-order valence-corrected chi connectivity index (χ3v) is 3.89. The Morgan fingerprint density at radius 3 is 2.83 bits per heavy atom. The summed E-state index contributed by atoms with van der Waals surface area (Å²) in [6.07, 6.45) is 5.28. The van der Waals surface area contributed by atoms with Crippen molar-refractivity contribution in [2.75, 3.05) is 18.0 Å². The molecule has 1 fully saturated rings. The number of nitriles is 1. The summed E-state index contributed by atoms with van der Waals surface area (Å²) in [6, 6.07) is 13.3. The van der Waals surface area contributed by atoms with Crippen LogP contribution < -0.4 is 4.90 Å². The molecule has 3 rings (SSSR count). The number of benzene rings is 1. The summed E-state index contributed by atoms with van der Waals surface area (Å²) in [7, 11) is 0. The van der Waals surface area contributed by atoms with Crippen molar-refractivity contribution in [2.45, 2.75) is 25.9 Å². The van der Waals surface area contributed by atoms with Gasteiger partial charge in [-0.05, 0) is 31.4 Å². The number of hydrogen-bond donors (Lipinski definition) is 0. The van der Waals surface area contributed by atoms with E-state index in [1.54, 1.807) is 12.3 Å². The van der Waals surface area contributed by atoms with Gasteiger partial charge in [0.25, 0.3) is 0 Å². The molecule has 1 aliphatic rings. The molecule has 0 unspecified atom stereocenters. The van der Waals surface area contributed by atoms with Gasteiger partial charge in [0.2, 0.25) is 0 Å². The monoisotopic (exact) mass is 309 g/mol. The van der Waals surface area contributed by atoms with Gasteiger partial charge >= 0.3 is 0 Å². The quantitative estimate of drug-likeness (QED) is 0.624. The lowest BCUT2D eigenvalue weighted by atomic mass is 10.1. The van der Waals surface area contributed by atoms with Crippen molar-refractivity contribution < 1.29 is 9.25 Å². The topological polar surface area (TPSA) is 61.8 Å². The summed E-state index contributed by atoms with van der Waals surface area (Å²) < 4.78 is 5.76. The molecule has 23 heavy (non-hydrogen) atoms. The Labute approximate surface area is 135 Å². The Balaban J connectivity index is 1.54. The summed E-state index contributed by atoms with van der Waals surface area (Å²) in [4.78, 5) is 7.52. The highest BCUT2D eigenvalue weighted by Crippen LogP contribution is 2.21. The summed E-state index contributed by atoms with van der Waals surface area (Å²) in [5.41, 5.74) is 1.42. The van der Waals surface area contributed by atoms with Crippen LogP contribution in [0.4, 0.5) is 5.88 Å². The van der Waals surface area contributed by atoms with Gasteiger partial charge in [-0.1, -0.05) is 23.4 Å². The zero-order valence-corrected chi connectivity index (χ0v) is 12.9. The highest BCUT2D eigenvalue weighted by molar-refractivity contribution is 5.76. The Morgan fingerprint density at radius 2 is 2.00 bits per heavy atom. The maximum atomic E-state index is 9.02. The molecule has 0 saturated carbocycles. The highest BCUT2D eigenvalue weighted by Gasteiger charge is 2.13. The summed E-state index contributed by atoms with van der Waals surface area (Å²) in [5, 5.41) is 12.9. The van der Waals surface area contributed by atoms with Gasteiger partial charge < -0.3 is 14.2 Å². The number of piperidine rings is 1. The van der Waals surface area contributed by atoms with E-state index in [-0.39, 0.29) is 6.61 Å². The van der Waals surface area contributed by atoms with Crippen LogP contribution in [-0.2, 0) is 11.4 Å². The molecule has 0 bridgehead atoms. The lowest BCUT2D eigenvalue weighted by Gasteiger charge is -2.25. The van der Waals surface area contributed by atoms with E-state index in [0.717, 1.165) is 24.5 Å². The third-order valence-electron chi connectivity index (χ3n) is 3.89. The second kappa shape index (κ2) is 7.50. The summed E-state index contributed by atoms with van der Waals surface area (Å²) in [5.74, 6) is 1.56. The standard InChI is InChI=1S/C18H19N3O2/c19-12-15-6-2-3-7-16(15)14-22-20-13-17-8-9-18(23-17)21-10-4-1-5-11-21/h2-3,6-9,13H,1,4-5,10-11,14H2/b20-13-. The molecule has 1 aromatic heterocycles. The van der Waals surface area contributed by atoms with Crippen LogP contribution in [0, 0.1) is 11.3 Å². The molecule has 1 aliphatic heterocycles. The number of furan rings is 1. The van der Waals surface area contributed by atoms with Crippen molar-refractivity contribution in [2.24, 2.45) is 5.16 Å². The number of anilines is 1. The Hall–Kier alpha value is -2.74. The Bertz CT molecular complexity index is 709. The fraction of sp³-hybridized carbons (Fsp3) is 0.333. The first-order valence-corrected chi connectivity index (χ1v) is 7.85. The minimum atomic E-state index is 0.264. The molecular formula is C18H19N3O2. The first-order valence-electron chi connectivity index (χ1n) is 7.85. The van der Waals surface area contributed by atoms with Gasteiger partial charge in [-0.15, -0.1) is 0 Å². The Morgan fingerprint density at radius 1 is 1.17 bits per heavy atom. The predicted molar refractivity (Wildman–Crippen MR) is 88.3 cm³/mol. The number of rotatable bonds is 5. The molecule has 0 atom stereocenters. The molecule has 1 saturated heterocycles. The van der Waals surface area contributed by atoms with Crippen LogP contribution in [-0.4, -0.2) is 19.3 Å². The van der Waals surface area contributed by atoms with Crippen LogP contribution in [0.5, 0.6) is 0 Å². The van der Waals surface area contributed by atoms with Gasteiger partial charge in [-0.3, -0.25) is 0 Å². The van der Waals surface area contributed by atoms with Gasteiger partial charge in [-0.2, -0.15) is 5.26 Å². The van der Waals surface area contributed by atoms with E-state index in [2.05, 4.69) is 16.1 Å². The maximum absolute atomic E-state index is 9.02. The average Bonchev–Trinajstić information content (AvgIpc) is 3.09. The predicted octanol–water partition coefficient (Wildman–Crippen LogP) is 3.69. The second-order valence-corrected chi connectivity index (χ2v) is 5.50. The van der Waals surface area contributed by atoms with Crippen LogP contribution in [0.25, 0.3) is 0 Å². The van der Waals surface area contributed by atoms with Crippen LogP contribution in [0.15, 0.2) is 46.0 Å². The molecule has 0 spiro atoms. The van der Waals surface area contributed by atoms with Gasteiger partial charge in [0.1, 0.15) is 12.8 Å². The summed E-state index contributed by atoms with van der Waals surface area (Å²) >= 11 is 0. The van der Waals surface area contributed by atoms with E-state index < -0.39 is 0 Å². The van der Waals surface area contributed by atoms with Gasteiger partial charge in [0, 0.05) is 24.7 Å². The van der Waals surface area contributed by atoms with Gasteiger partial charge in [0.15, 0.2) is 11.6 Å². The van der Waals surface area contributed by atoms with Crippen molar-refractivity contribution in [1.29, 1.82) is 5.26 Å². The van der Waals surface area contributed by atoms with Crippen LogP contribution in [0.3, 0.4) is 0 Å². The van der Waals surface area contributed by atoms with E-state index in [0.29, 0.717) is 11.3 Å². The molecule has 2 heterocycles. The normalized spacial score (nSPS) is 14.8. The van der Waals surface area contributed by atoms with E-state index in [1.165, 1.54) is 19.3 Å². The van der Waals surface area contributed by atoms with E-state index >= 15 is 0 Å². The lowest BCUT2D eigenvalue weighted by molar-refractivity contribution is 0.131. The third kappa shape index (κ3) is 3.92. The molecule has 5 nitrogen and oxygen atoms in total. The molecule has 0 amide bonds. The van der Waals surface area contributed by atoms with Crippen LogP contribution in [0.1, 0.15) is 36.1 Å². The minimum Gasteiger partial charge on any atom is -0.439 e. The maximum Gasteiger partial charge on any atom is 0.196 e. The van der Waals surface area contributed by atoms with Gasteiger partial charge in [0.05, 0.1) is 11.6 Å². The molecule has 0 N–H and O–H groups in total. The number of nitrogens with zero attached hydrogens (tertiary/aromatic N) is 3. The molecule has 1 aromatic carbocycles. The molecular weight excluding hydrogens is 290 g/mol. The molecule has 2 aromatic rings. The fourth-order valence-electron chi connectivity index (χ4n) is 2.65. The lowest BCUT2D eigenvalue weighted by Crippen LogP contribution is -2.28. The molecule has 0 aliphatic carbocycles. The first kappa shape index (κ1) is 15.2. The highest BCUT2D eigenvalue weighted by atomic mass is 16.6. The first-order chi connectivity index (χ1) is 11.4. The molecule has 118 valence electrons. The number of oxime groups is 1. The van der Waals surface area contributed by atoms with Crippen LogP contribution >= 0.6 is 0 Å². The van der Waals surface area contributed by atoms with Crippen molar-refractivity contribution >= 4 is 12.1 Å². The minimum absolute atomic E-state index is 0.264.